The Bertz CT molecular complexity index is 371. The maximum atomic E-state index is 12.1. The summed E-state index contributed by atoms with van der Waals surface area (Å²) in [5.41, 5.74) is 0. The number of rotatable bonds is 18. The molecule has 0 aromatic heterocycles. The number of hydrogen-bond donors (Lipinski definition) is 2. The quantitative estimate of drug-likeness (QED) is 0.297. The molecule has 2 atom stereocenters. The fraction of sp³-hybridized carbons (Fsp3) is 0.913. The van der Waals surface area contributed by atoms with Crippen molar-refractivity contribution in [1.82, 2.24) is 10.6 Å². The van der Waals surface area contributed by atoms with Gasteiger partial charge in [-0.05, 0) is 12.3 Å². The third-order valence-electron chi connectivity index (χ3n) is 5.57. The number of likely N-dealkylation sites (N-methyl/N-ethyl adjacent to an activating group) is 1. The average molecular weight is 383 g/mol. The highest BCUT2D eigenvalue weighted by molar-refractivity contribution is 5.87. The van der Waals surface area contributed by atoms with E-state index in [1.807, 2.05) is 13.8 Å². The highest BCUT2D eigenvalue weighted by atomic mass is 16.2. The maximum absolute atomic E-state index is 12.1. The molecule has 0 fully saturated rings. The van der Waals surface area contributed by atoms with E-state index >= 15 is 0 Å². The molecular weight excluding hydrogens is 336 g/mol. The van der Waals surface area contributed by atoms with Gasteiger partial charge in [-0.2, -0.15) is 0 Å². The Morgan fingerprint density at radius 1 is 0.741 bits per heavy atom. The fourth-order valence-electron chi connectivity index (χ4n) is 3.41. The Morgan fingerprint density at radius 2 is 1.19 bits per heavy atom. The number of carbonyl (C=O) groups excluding carboxylic acids is 2. The van der Waals surface area contributed by atoms with E-state index in [1.54, 1.807) is 7.05 Å². The molecule has 27 heavy (non-hydrogen) atoms. The van der Waals surface area contributed by atoms with Crippen LogP contribution in [0.5, 0.6) is 0 Å². The van der Waals surface area contributed by atoms with Crippen LogP contribution in [0.4, 0.5) is 0 Å². The molecule has 0 aromatic carbocycles. The molecule has 0 spiro atoms. The molecule has 0 aromatic rings. The van der Waals surface area contributed by atoms with Crippen molar-refractivity contribution >= 4 is 11.8 Å². The minimum atomic E-state index is -0.408. The van der Waals surface area contributed by atoms with E-state index in [1.165, 1.54) is 70.6 Å². The lowest BCUT2D eigenvalue weighted by Gasteiger charge is -2.22. The average Bonchev–Trinajstić information content (AvgIpc) is 2.68. The van der Waals surface area contributed by atoms with Crippen molar-refractivity contribution in [3.63, 3.8) is 0 Å². The Morgan fingerprint density at radius 3 is 1.59 bits per heavy atom. The molecule has 0 aliphatic heterocycles. The fourth-order valence-corrected chi connectivity index (χ4v) is 3.41. The van der Waals surface area contributed by atoms with E-state index in [0.29, 0.717) is 6.42 Å². The Hall–Kier alpha value is -1.06. The van der Waals surface area contributed by atoms with Crippen molar-refractivity contribution < 1.29 is 9.59 Å². The van der Waals surface area contributed by atoms with Crippen LogP contribution < -0.4 is 10.6 Å². The largest absolute Gasteiger partial charge is 0.357 e. The van der Waals surface area contributed by atoms with Gasteiger partial charge in [0.25, 0.3) is 0 Å². The Kier molecular flexibility index (Phi) is 17.6. The Balaban J connectivity index is 3.58. The van der Waals surface area contributed by atoms with Gasteiger partial charge in [0.2, 0.25) is 11.8 Å². The first-order chi connectivity index (χ1) is 13.1. The number of nitrogens with one attached hydrogen (secondary N) is 2. The summed E-state index contributed by atoms with van der Waals surface area (Å²) in [6.45, 7) is 6.31. The first kappa shape index (κ1) is 25.9. The van der Waals surface area contributed by atoms with Crippen LogP contribution in [-0.4, -0.2) is 24.9 Å². The summed E-state index contributed by atoms with van der Waals surface area (Å²) in [7, 11) is 1.62. The summed E-state index contributed by atoms with van der Waals surface area (Å²) in [5.74, 6) is 0.0654. The van der Waals surface area contributed by atoms with Gasteiger partial charge >= 0.3 is 0 Å². The van der Waals surface area contributed by atoms with Crippen LogP contribution in [0.2, 0.25) is 0 Å². The van der Waals surface area contributed by atoms with Crippen molar-refractivity contribution in [3.8, 4) is 0 Å². The molecule has 2 N–H and O–H groups in total. The lowest BCUT2D eigenvalue weighted by molar-refractivity contribution is -0.130. The van der Waals surface area contributed by atoms with E-state index in [0.717, 1.165) is 19.3 Å². The summed E-state index contributed by atoms with van der Waals surface area (Å²) in [4.78, 5) is 24.0. The standard InChI is InChI=1S/C23H46N2O2/c1-5-7-8-9-10-11-12-13-14-15-16-17-18-19-21(26)25-22(20(3)6-2)23(27)24-4/h20,22H,5-19H2,1-4H3,(H,24,27)(H,25,26)/t20-,22-/m0/s1. The minimum absolute atomic E-state index is 0.00646. The van der Waals surface area contributed by atoms with Crippen LogP contribution in [0.25, 0.3) is 0 Å². The SMILES string of the molecule is CCCCCCCCCCCCCCCC(=O)N[C@H](C(=O)NC)[C@@H](C)CC. The second kappa shape index (κ2) is 18.3. The molecule has 160 valence electrons. The van der Waals surface area contributed by atoms with Gasteiger partial charge in [-0.15, -0.1) is 0 Å². The summed E-state index contributed by atoms with van der Waals surface area (Å²) in [6.07, 6.45) is 18.3. The molecule has 0 heterocycles. The monoisotopic (exact) mass is 382 g/mol. The summed E-state index contributed by atoms with van der Waals surface area (Å²) < 4.78 is 0. The van der Waals surface area contributed by atoms with E-state index in [-0.39, 0.29) is 17.7 Å². The van der Waals surface area contributed by atoms with E-state index in [9.17, 15) is 9.59 Å². The third kappa shape index (κ3) is 14.6. The predicted octanol–water partition coefficient (Wildman–Crippen LogP) is 5.74. The van der Waals surface area contributed by atoms with Gasteiger partial charge in [-0.3, -0.25) is 9.59 Å². The van der Waals surface area contributed by atoms with Crippen LogP contribution >= 0.6 is 0 Å². The van der Waals surface area contributed by atoms with Gasteiger partial charge in [0.15, 0.2) is 0 Å². The smallest absolute Gasteiger partial charge is 0.242 e. The zero-order chi connectivity index (χ0) is 20.3. The van der Waals surface area contributed by atoms with Crippen molar-refractivity contribution in [2.75, 3.05) is 7.05 Å². The molecule has 0 bridgehead atoms. The number of amides is 2. The Labute approximate surface area is 168 Å². The molecule has 0 saturated heterocycles. The third-order valence-corrected chi connectivity index (χ3v) is 5.57. The van der Waals surface area contributed by atoms with Crippen LogP contribution in [-0.2, 0) is 9.59 Å². The molecule has 4 heteroatoms. The van der Waals surface area contributed by atoms with Crippen LogP contribution in [0.15, 0.2) is 0 Å². The van der Waals surface area contributed by atoms with Crippen LogP contribution in [0.1, 0.15) is 117 Å². The number of hydrogen-bond acceptors (Lipinski definition) is 2. The first-order valence-corrected chi connectivity index (χ1v) is 11.6. The van der Waals surface area contributed by atoms with Gasteiger partial charge < -0.3 is 10.6 Å². The molecule has 0 radical (unpaired) electrons. The zero-order valence-corrected chi connectivity index (χ0v) is 18.6. The highest BCUT2D eigenvalue weighted by Crippen LogP contribution is 2.13. The van der Waals surface area contributed by atoms with E-state index < -0.39 is 6.04 Å². The molecule has 0 aliphatic carbocycles. The number of carbonyl (C=O) groups is 2. The molecule has 0 aliphatic rings. The second-order valence-corrected chi connectivity index (χ2v) is 8.04. The van der Waals surface area contributed by atoms with Gasteiger partial charge in [-0.25, -0.2) is 0 Å². The molecule has 0 unspecified atom stereocenters. The van der Waals surface area contributed by atoms with Gasteiger partial charge in [0.05, 0.1) is 0 Å². The number of unbranched alkanes of at least 4 members (excludes halogenated alkanes) is 12. The lowest BCUT2D eigenvalue weighted by atomic mass is 9.98. The van der Waals surface area contributed by atoms with Crippen LogP contribution in [0, 0.1) is 5.92 Å². The van der Waals surface area contributed by atoms with Gasteiger partial charge in [-0.1, -0.05) is 104 Å². The van der Waals surface area contributed by atoms with E-state index in [2.05, 4.69) is 17.6 Å². The summed E-state index contributed by atoms with van der Waals surface area (Å²) in [6, 6.07) is -0.408. The van der Waals surface area contributed by atoms with Gasteiger partial charge in [0, 0.05) is 13.5 Å². The highest BCUT2D eigenvalue weighted by Gasteiger charge is 2.24. The van der Waals surface area contributed by atoms with Crippen molar-refractivity contribution in [2.45, 2.75) is 123 Å². The summed E-state index contributed by atoms with van der Waals surface area (Å²) >= 11 is 0. The van der Waals surface area contributed by atoms with Crippen molar-refractivity contribution in [2.24, 2.45) is 5.92 Å². The van der Waals surface area contributed by atoms with Crippen molar-refractivity contribution in [3.05, 3.63) is 0 Å². The predicted molar refractivity (Wildman–Crippen MR) is 116 cm³/mol. The first-order valence-electron chi connectivity index (χ1n) is 11.6. The second-order valence-electron chi connectivity index (χ2n) is 8.04. The maximum Gasteiger partial charge on any atom is 0.242 e. The topological polar surface area (TPSA) is 58.2 Å². The normalized spacial score (nSPS) is 13.2. The minimum Gasteiger partial charge on any atom is -0.357 e. The van der Waals surface area contributed by atoms with Gasteiger partial charge in [0.1, 0.15) is 6.04 Å². The molecular formula is C23H46N2O2. The zero-order valence-electron chi connectivity index (χ0n) is 18.6. The molecule has 2 amide bonds. The van der Waals surface area contributed by atoms with Crippen molar-refractivity contribution in [1.29, 1.82) is 0 Å². The molecule has 0 saturated carbocycles. The molecule has 4 nitrogen and oxygen atoms in total. The lowest BCUT2D eigenvalue weighted by Crippen LogP contribution is -2.49. The van der Waals surface area contributed by atoms with Crippen LogP contribution in [0.3, 0.4) is 0 Å². The summed E-state index contributed by atoms with van der Waals surface area (Å²) in [5, 5.41) is 5.56. The van der Waals surface area contributed by atoms with E-state index in [4.69, 9.17) is 0 Å². The molecule has 0 rings (SSSR count).